The van der Waals surface area contributed by atoms with Crippen LogP contribution in [-0.4, -0.2) is 27.7 Å². The number of para-hydroxylation sites is 1. The van der Waals surface area contributed by atoms with Crippen LogP contribution >= 0.6 is 0 Å². The summed E-state index contributed by atoms with van der Waals surface area (Å²) in [5.74, 6) is 0.0688. The Morgan fingerprint density at radius 1 is 1.24 bits per heavy atom. The molecule has 0 unspecified atom stereocenters. The van der Waals surface area contributed by atoms with Crippen molar-refractivity contribution in [3.05, 3.63) is 42.5 Å². The largest absolute Gasteiger partial charge is 0.434 e. The first-order valence-corrected chi connectivity index (χ1v) is 4.68. The van der Waals surface area contributed by atoms with Crippen molar-refractivity contribution in [1.82, 2.24) is 14.9 Å². The van der Waals surface area contributed by atoms with Crippen LogP contribution < -0.4 is 4.74 Å². The highest BCUT2D eigenvalue weighted by atomic mass is 19.3. The van der Waals surface area contributed by atoms with Crippen LogP contribution in [0.5, 0.6) is 5.75 Å². The minimum Gasteiger partial charge on any atom is -0.434 e. The Balaban J connectivity index is 2.20. The van der Waals surface area contributed by atoms with Gasteiger partial charge in [-0.3, -0.25) is 0 Å². The van der Waals surface area contributed by atoms with E-state index in [-0.39, 0.29) is 5.75 Å². The molecule has 1 aromatic heterocycles. The van der Waals surface area contributed by atoms with E-state index in [9.17, 15) is 8.78 Å². The molecular formula is C10H8F2N4O. The van der Waals surface area contributed by atoms with Crippen molar-refractivity contribution >= 4 is 6.21 Å². The van der Waals surface area contributed by atoms with Gasteiger partial charge >= 0.3 is 6.61 Å². The first kappa shape index (κ1) is 11.2. The molecule has 17 heavy (non-hydrogen) atoms. The van der Waals surface area contributed by atoms with E-state index < -0.39 is 6.61 Å². The summed E-state index contributed by atoms with van der Waals surface area (Å²) in [7, 11) is 0. The topological polar surface area (TPSA) is 52.3 Å². The van der Waals surface area contributed by atoms with Gasteiger partial charge in [-0.15, -0.1) is 10.2 Å². The van der Waals surface area contributed by atoms with Gasteiger partial charge in [-0.25, -0.2) is 4.68 Å². The van der Waals surface area contributed by atoms with Gasteiger partial charge in [0.25, 0.3) is 0 Å². The second-order valence-electron chi connectivity index (χ2n) is 3.00. The van der Waals surface area contributed by atoms with Gasteiger partial charge in [0.2, 0.25) is 0 Å². The lowest BCUT2D eigenvalue weighted by molar-refractivity contribution is -0.0499. The van der Waals surface area contributed by atoms with Gasteiger partial charge in [0.05, 0.1) is 6.21 Å². The molecule has 2 rings (SSSR count). The summed E-state index contributed by atoms with van der Waals surface area (Å²) >= 11 is 0. The van der Waals surface area contributed by atoms with Crippen molar-refractivity contribution in [3.8, 4) is 5.75 Å². The SMILES string of the molecule is FC(F)Oc1ccccc1C=Nn1cnnc1. The molecule has 0 saturated heterocycles. The summed E-state index contributed by atoms with van der Waals surface area (Å²) in [4.78, 5) is 0. The summed E-state index contributed by atoms with van der Waals surface area (Å²) in [6.45, 7) is -2.86. The average molecular weight is 238 g/mol. The molecule has 0 atom stereocenters. The molecule has 0 amide bonds. The Labute approximate surface area is 95.4 Å². The molecule has 88 valence electrons. The predicted octanol–water partition coefficient (Wildman–Crippen LogP) is 1.76. The van der Waals surface area contributed by atoms with E-state index in [2.05, 4.69) is 20.0 Å². The van der Waals surface area contributed by atoms with Crippen molar-refractivity contribution < 1.29 is 13.5 Å². The fourth-order valence-electron chi connectivity index (χ4n) is 1.17. The molecule has 0 spiro atoms. The normalized spacial score (nSPS) is 11.2. The first-order valence-electron chi connectivity index (χ1n) is 4.68. The molecule has 2 aromatic rings. The number of nitrogens with zero attached hydrogens (tertiary/aromatic N) is 4. The molecule has 0 aliphatic carbocycles. The molecule has 0 aliphatic rings. The third-order valence-corrected chi connectivity index (χ3v) is 1.87. The highest BCUT2D eigenvalue weighted by Crippen LogP contribution is 2.18. The van der Waals surface area contributed by atoms with Crippen molar-refractivity contribution in [2.45, 2.75) is 6.61 Å². The zero-order valence-corrected chi connectivity index (χ0v) is 8.57. The molecular weight excluding hydrogens is 230 g/mol. The van der Waals surface area contributed by atoms with Crippen LogP contribution in [0, 0.1) is 0 Å². The Morgan fingerprint density at radius 3 is 2.65 bits per heavy atom. The van der Waals surface area contributed by atoms with Crippen LogP contribution in [0.15, 0.2) is 42.0 Å². The lowest BCUT2D eigenvalue weighted by Gasteiger charge is -2.06. The maximum absolute atomic E-state index is 12.1. The van der Waals surface area contributed by atoms with Crippen molar-refractivity contribution in [2.24, 2.45) is 5.10 Å². The molecule has 0 bridgehead atoms. The van der Waals surface area contributed by atoms with Crippen molar-refractivity contribution in [3.63, 3.8) is 0 Å². The minimum atomic E-state index is -2.86. The van der Waals surface area contributed by atoms with E-state index in [0.29, 0.717) is 5.56 Å². The van der Waals surface area contributed by atoms with Crippen molar-refractivity contribution in [2.75, 3.05) is 0 Å². The van der Waals surface area contributed by atoms with Crippen LogP contribution in [-0.2, 0) is 0 Å². The Hall–Kier alpha value is -2.31. The highest BCUT2D eigenvalue weighted by Gasteiger charge is 2.07. The number of alkyl halides is 2. The number of halogens is 2. The highest BCUT2D eigenvalue weighted by molar-refractivity contribution is 5.83. The average Bonchev–Trinajstić information content (AvgIpc) is 2.80. The van der Waals surface area contributed by atoms with E-state index in [1.807, 2.05) is 0 Å². The number of hydrogen-bond acceptors (Lipinski definition) is 4. The van der Waals surface area contributed by atoms with Crippen LogP contribution in [0.1, 0.15) is 5.56 Å². The van der Waals surface area contributed by atoms with Gasteiger partial charge < -0.3 is 4.74 Å². The number of ether oxygens (including phenoxy) is 1. The number of benzene rings is 1. The molecule has 0 fully saturated rings. The first-order chi connectivity index (χ1) is 8.25. The molecule has 7 heteroatoms. The van der Waals surface area contributed by atoms with Crippen LogP contribution in [0.25, 0.3) is 0 Å². The quantitative estimate of drug-likeness (QED) is 0.762. The van der Waals surface area contributed by atoms with Crippen LogP contribution in [0.2, 0.25) is 0 Å². The fourth-order valence-corrected chi connectivity index (χ4v) is 1.17. The van der Waals surface area contributed by atoms with E-state index in [0.717, 1.165) is 0 Å². The predicted molar refractivity (Wildman–Crippen MR) is 56.1 cm³/mol. The molecule has 0 radical (unpaired) electrons. The third kappa shape index (κ3) is 3.07. The summed E-state index contributed by atoms with van der Waals surface area (Å²) in [6, 6.07) is 6.37. The minimum absolute atomic E-state index is 0.0688. The van der Waals surface area contributed by atoms with E-state index in [1.165, 1.54) is 29.6 Å². The molecule has 0 N–H and O–H groups in total. The van der Waals surface area contributed by atoms with E-state index >= 15 is 0 Å². The molecule has 1 heterocycles. The fraction of sp³-hybridized carbons (Fsp3) is 0.100. The molecule has 1 aromatic carbocycles. The number of aromatic nitrogens is 3. The second-order valence-corrected chi connectivity index (χ2v) is 3.00. The zero-order valence-electron chi connectivity index (χ0n) is 8.57. The Bertz CT molecular complexity index is 499. The van der Waals surface area contributed by atoms with E-state index in [4.69, 9.17) is 0 Å². The van der Waals surface area contributed by atoms with Crippen molar-refractivity contribution in [1.29, 1.82) is 0 Å². The van der Waals surface area contributed by atoms with Gasteiger partial charge in [0.1, 0.15) is 18.4 Å². The van der Waals surface area contributed by atoms with Crippen LogP contribution in [0.4, 0.5) is 8.78 Å². The van der Waals surface area contributed by atoms with Gasteiger partial charge in [-0.2, -0.15) is 13.9 Å². The van der Waals surface area contributed by atoms with Gasteiger partial charge in [0, 0.05) is 5.56 Å². The smallest absolute Gasteiger partial charge is 0.387 e. The molecule has 0 saturated carbocycles. The lowest BCUT2D eigenvalue weighted by Crippen LogP contribution is -2.04. The number of hydrogen-bond donors (Lipinski definition) is 0. The van der Waals surface area contributed by atoms with Gasteiger partial charge in [0.15, 0.2) is 0 Å². The van der Waals surface area contributed by atoms with Gasteiger partial charge in [-0.05, 0) is 12.1 Å². The monoisotopic (exact) mass is 238 g/mol. The second kappa shape index (κ2) is 5.15. The lowest BCUT2D eigenvalue weighted by atomic mass is 10.2. The maximum atomic E-state index is 12.1. The Kier molecular flexibility index (Phi) is 3.39. The standard InChI is InChI=1S/C10H8F2N4O/c11-10(12)17-9-4-2-1-3-8(9)5-15-16-6-13-14-7-16/h1-7,10H. The molecule has 5 nitrogen and oxygen atoms in total. The number of rotatable bonds is 4. The third-order valence-electron chi connectivity index (χ3n) is 1.87. The zero-order chi connectivity index (χ0) is 12.1. The van der Waals surface area contributed by atoms with Gasteiger partial charge in [-0.1, -0.05) is 12.1 Å². The summed E-state index contributed by atoms with van der Waals surface area (Å²) < 4.78 is 29.9. The van der Waals surface area contributed by atoms with Crippen LogP contribution in [0.3, 0.4) is 0 Å². The summed E-state index contributed by atoms with van der Waals surface area (Å²) in [5, 5.41) is 11.1. The summed E-state index contributed by atoms with van der Waals surface area (Å²) in [6.07, 6.45) is 4.15. The van der Waals surface area contributed by atoms with E-state index in [1.54, 1.807) is 18.2 Å². The Morgan fingerprint density at radius 2 is 1.94 bits per heavy atom. The summed E-state index contributed by atoms with van der Waals surface area (Å²) in [5.41, 5.74) is 0.446. The molecule has 0 aliphatic heterocycles. The maximum Gasteiger partial charge on any atom is 0.387 e.